The first-order chi connectivity index (χ1) is 11.3. The molecule has 1 amide bonds. The molecule has 1 aliphatic heterocycles. The topological polar surface area (TPSA) is 69.7 Å². The van der Waals surface area contributed by atoms with E-state index in [1.807, 2.05) is 11.8 Å². The molecule has 1 aromatic heterocycles. The van der Waals surface area contributed by atoms with E-state index in [1.54, 1.807) is 19.1 Å². The van der Waals surface area contributed by atoms with Crippen molar-refractivity contribution in [1.82, 2.24) is 14.5 Å². The van der Waals surface area contributed by atoms with E-state index in [4.69, 9.17) is 11.6 Å². The van der Waals surface area contributed by atoms with Gasteiger partial charge < -0.3 is 4.90 Å². The Balaban J connectivity index is 1.89. The molecule has 2 heterocycles. The van der Waals surface area contributed by atoms with Crippen molar-refractivity contribution in [2.24, 2.45) is 0 Å². The Morgan fingerprint density at radius 2 is 2.08 bits per heavy atom. The van der Waals surface area contributed by atoms with E-state index in [0.717, 1.165) is 19.5 Å². The summed E-state index contributed by atoms with van der Waals surface area (Å²) >= 11 is 7.21. The summed E-state index contributed by atoms with van der Waals surface area (Å²) in [7, 11) is -3.17. The van der Waals surface area contributed by atoms with Crippen LogP contribution in [-0.4, -0.2) is 68.6 Å². The molecule has 0 radical (unpaired) electrons. The lowest BCUT2D eigenvalue weighted by atomic mass is 10.2. The van der Waals surface area contributed by atoms with Gasteiger partial charge >= 0.3 is 0 Å². The molecule has 1 unspecified atom stereocenters. The van der Waals surface area contributed by atoms with Crippen LogP contribution in [0.25, 0.3) is 0 Å². The van der Waals surface area contributed by atoms with Crippen LogP contribution in [0.2, 0.25) is 4.34 Å². The van der Waals surface area contributed by atoms with Crippen molar-refractivity contribution >= 4 is 38.9 Å². The number of halogens is 1. The lowest BCUT2D eigenvalue weighted by Crippen LogP contribution is -2.44. The van der Waals surface area contributed by atoms with E-state index < -0.39 is 10.0 Å². The van der Waals surface area contributed by atoms with Crippen molar-refractivity contribution in [3.63, 3.8) is 0 Å². The van der Waals surface area contributed by atoms with Gasteiger partial charge in [0.1, 0.15) is 0 Å². The zero-order chi connectivity index (χ0) is 17.7. The van der Waals surface area contributed by atoms with E-state index in [9.17, 15) is 13.2 Å². The molecule has 1 saturated heterocycles. The second-order valence-corrected chi connectivity index (χ2v) is 9.70. The molecule has 1 atom stereocenters. The Morgan fingerprint density at radius 3 is 2.71 bits per heavy atom. The van der Waals surface area contributed by atoms with Gasteiger partial charge in [-0.3, -0.25) is 9.69 Å². The van der Waals surface area contributed by atoms with Crippen molar-refractivity contribution in [2.45, 2.75) is 26.3 Å². The summed E-state index contributed by atoms with van der Waals surface area (Å²) in [6, 6.07) is 3.60. The van der Waals surface area contributed by atoms with Gasteiger partial charge in [0, 0.05) is 38.8 Å². The maximum atomic E-state index is 12.5. The highest BCUT2D eigenvalue weighted by atomic mass is 35.5. The molecule has 1 aromatic rings. The van der Waals surface area contributed by atoms with Gasteiger partial charge in [0.2, 0.25) is 10.0 Å². The Kier molecular flexibility index (Phi) is 7.06. The summed E-state index contributed by atoms with van der Waals surface area (Å²) in [4.78, 5) is 17.3. The first-order valence-corrected chi connectivity index (χ1v) is 10.9. The number of sulfonamides is 1. The third-order valence-electron chi connectivity index (χ3n) is 4.20. The average Bonchev–Trinajstić information content (AvgIpc) is 2.84. The van der Waals surface area contributed by atoms with Crippen molar-refractivity contribution in [3.8, 4) is 0 Å². The Bertz CT molecular complexity index is 663. The standard InChI is InChI=1S/C15H24ClN3O3S2/c1-3-24(21,22)17-11-12(2)18-7-4-8-19(10-9-18)15(20)13-5-6-14(16)23-13/h5-6,12,17H,3-4,7-11H2,1-2H3. The molecule has 0 bridgehead atoms. The number of carbonyl (C=O) groups is 1. The quantitative estimate of drug-likeness (QED) is 0.801. The van der Waals surface area contributed by atoms with Crippen LogP contribution in [0, 0.1) is 0 Å². The Hall–Kier alpha value is -0.670. The Labute approximate surface area is 152 Å². The highest BCUT2D eigenvalue weighted by molar-refractivity contribution is 7.89. The number of rotatable bonds is 6. The normalized spacial score (nSPS) is 18.4. The van der Waals surface area contributed by atoms with Gasteiger partial charge in [0.05, 0.1) is 15.0 Å². The van der Waals surface area contributed by atoms with Gasteiger partial charge in [-0.25, -0.2) is 13.1 Å². The minimum atomic E-state index is -3.17. The maximum Gasteiger partial charge on any atom is 0.264 e. The van der Waals surface area contributed by atoms with Gasteiger partial charge in [0.25, 0.3) is 5.91 Å². The largest absolute Gasteiger partial charge is 0.337 e. The third-order valence-corrected chi connectivity index (χ3v) is 6.79. The molecule has 9 heteroatoms. The molecule has 136 valence electrons. The minimum absolute atomic E-state index is 0.0214. The highest BCUT2D eigenvalue weighted by Crippen LogP contribution is 2.23. The zero-order valence-electron chi connectivity index (χ0n) is 14.0. The van der Waals surface area contributed by atoms with Crippen molar-refractivity contribution in [3.05, 3.63) is 21.3 Å². The summed E-state index contributed by atoms with van der Waals surface area (Å²) in [5, 5.41) is 0. The number of hydrogen-bond acceptors (Lipinski definition) is 5. The van der Waals surface area contributed by atoms with E-state index in [2.05, 4.69) is 9.62 Å². The number of nitrogens with zero attached hydrogens (tertiary/aromatic N) is 2. The number of hydrogen-bond donors (Lipinski definition) is 1. The predicted octanol–water partition coefficient (Wildman–Crippen LogP) is 1.88. The summed E-state index contributed by atoms with van der Waals surface area (Å²) in [5.74, 6) is 0.110. The van der Waals surface area contributed by atoms with Gasteiger partial charge in [-0.05, 0) is 32.4 Å². The summed E-state index contributed by atoms with van der Waals surface area (Å²) in [6.07, 6.45) is 0.871. The number of amides is 1. The lowest BCUT2D eigenvalue weighted by molar-refractivity contribution is 0.0763. The average molecular weight is 394 g/mol. The van der Waals surface area contributed by atoms with Crippen LogP contribution in [0.4, 0.5) is 0 Å². The van der Waals surface area contributed by atoms with Crippen LogP contribution < -0.4 is 4.72 Å². The van der Waals surface area contributed by atoms with E-state index in [-0.39, 0.29) is 17.7 Å². The van der Waals surface area contributed by atoms with Crippen LogP contribution in [-0.2, 0) is 10.0 Å². The van der Waals surface area contributed by atoms with Crippen molar-refractivity contribution < 1.29 is 13.2 Å². The van der Waals surface area contributed by atoms with Crippen molar-refractivity contribution in [2.75, 3.05) is 38.5 Å². The van der Waals surface area contributed by atoms with E-state index in [0.29, 0.717) is 28.8 Å². The molecule has 0 saturated carbocycles. The smallest absolute Gasteiger partial charge is 0.264 e. The van der Waals surface area contributed by atoms with Gasteiger partial charge in [-0.2, -0.15) is 0 Å². The highest BCUT2D eigenvalue weighted by Gasteiger charge is 2.24. The van der Waals surface area contributed by atoms with Crippen LogP contribution in [0.3, 0.4) is 0 Å². The van der Waals surface area contributed by atoms with Crippen LogP contribution >= 0.6 is 22.9 Å². The van der Waals surface area contributed by atoms with Crippen LogP contribution in [0.1, 0.15) is 29.9 Å². The second-order valence-electron chi connectivity index (χ2n) is 5.89. The van der Waals surface area contributed by atoms with E-state index >= 15 is 0 Å². The molecule has 1 aliphatic rings. The van der Waals surface area contributed by atoms with Crippen molar-refractivity contribution in [1.29, 1.82) is 0 Å². The van der Waals surface area contributed by atoms with Crippen LogP contribution in [0.15, 0.2) is 12.1 Å². The fourth-order valence-corrected chi connectivity index (χ4v) is 4.36. The number of nitrogens with one attached hydrogen (secondary N) is 1. The fourth-order valence-electron chi connectivity index (χ4n) is 2.65. The predicted molar refractivity (Wildman–Crippen MR) is 98.3 cm³/mol. The molecule has 0 spiro atoms. The molecule has 1 fully saturated rings. The molecule has 0 aromatic carbocycles. The van der Waals surface area contributed by atoms with Crippen LogP contribution in [0.5, 0.6) is 0 Å². The van der Waals surface area contributed by atoms with Gasteiger partial charge in [-0.15, -0.1) is 11.3 Å². The summed E-state index contributed by atoms with van der Waals surface area (Å²) in [5.41, 5.74) is 0. The lowest BCUT2D eigenvalue weighted by Gasteiger charge is -2.27. The molecule has 24 heavy (non-hydrogen) atoms. The number of thiophene rings is 1. The molecular formula is C15H24ClN3O3S2. The minimum Gasteiger partial charge on any atom is -0.337 e. The molecule has 0 aliphatic carbocycles. The maximum absolute atomic E-state index is 12.5. The first kappa shape index (κ1) is 19.7. The second kappa shape index (κ2) is 8.62. The molecule has 2 rings (SSSR count). The summed E-state index contributed by atoms with van der Waals surface area (Å²) < 4.78 is 26.4. The molecular weight excluding hydrogens is 370 g/mol. The molecule has 1 N–H and O–H groups in total. The first-order valence-electron chi connectivity index (χ1n) is 8.08. The van der Waals surface area contributed by atoms with Gasteiger partial charge in [0.15, 0.2) is 0 Å². The third kappa shape index (κ3) is 5.42. The monoisotopic (exact) mass is 393 g/mol. The SMILES string of the molecule is CCS(=O)(=O)NCC(C)N1CCCN(C(=O)c2ccc(Cl)s2)CC1. The summed E-state index contributed by atoms with van der Waals surface area (Å²) in [6.45, 7) is 6.96. The zero-order valence-corrected chi connectivity index (χ0v) is 16.4. The van der Waals surface area contributed by atoms with Gasteiger partial charge in [-0.1, -0.05) is 11.6 Å². The van der Waals surface area contributed by atoms with E-state index in [1.165, 1.54) is 11.3 Å². The fraction of sp³-hybridized carbons (Fsp3) is 0.667. The Morgan fingerprint density at radius 1 is 1.33 bits per heavy atom. The molecule has 6 nitrogen and oxygen atoms in total. The number of carbonyl (C=O) groups excluding carboxylic acids is 1.